The standard InChI is InChI=1S/C15H27NO4Si/c1-13(17-3)19-21(12-8-11-16,20-14(2)18-4)15-9-6-5-7-10-15/h5-7,9-10,13-14H,8,11-12,16H2,1-4H3. The zero-order chi connectivity index (χ0) is 15.7. The van der Waals surface area contributed by atoms with Crippen molar-refractivity contribution in [2.24, 2.45) is 5.73 Å². The Kier molecular flexibility index (Phi) is 8.09. The maximum atomic E-state index is 6.21. The monoisotopic (exact) mass is 313 g/mol. The van der Waals surface area contributed by atoms with E-state index in [0.717, 1.165) is 17.7 Å². The number of benzene rings is 1. The first kappa shape index (κ1) is 18.3. The van der Waals surface area contributed by atoms with Gasteiger partial charge in [-0.05, 0) is 38.0 Å². The Morgan fingerprint density at radius 2 is 1.52 bits per heavy atom. The van der Waals surface area contributed by atoms with E-state index in [2.05, 4.69) is 0 Å². The molecule has 2 unspecified atom stereocenters. The molecule has 1 aromatic carbocycles. The predicted octanol–water partition coefficient (Wildman–Crippen LogP) is 1.70. The summed E-state index contributed by atoms with van der Waals surface area (Å²) in [7, 11) is 0.554. The highest BCUT2D eigenvalue weighted by molar-refractivity contribution is 6.81. The Balaban J connectivity index is 3.12. The van der Waals surface area contributed by atoms with Gasteiger partial charge in [0.1, 0.15) is 12.6 Å². The van der Waals surface area contributed by atoms with Crippen molar-refractivity contribution < 1.29 is 18.3 Å². The molecule has 120 valence electrons. The van der Waals surface area contributed by atoms with Gasteiger partial charge in [-0.3, -0.25) is 0 Å². The molecule has 0 aliphatic carbocycles. The van der Waals surface area contributed by atoms with Crippen LogP contribution in [0.25, 0.3) is 0 Å². The SMILES string of the molecule is COC(C)O[Si](CCCN)(OC(C)OC)c1ccccc1. The fourth-order valence-electron chi connectivity index (χ4n) is 2.09. The molecule has 0 heterocycles. The predicted molar refractivity (Wildman–Crippen MR) is 85.4 cm³/mol. The van der Waals surface area contributed by atoms with Crippen LogP contribution in [0.4, 0.5) is 0 Å². The summed E-state index contributed by atoms with van der Waals surface area (Å²) < 4.78 is 23.0. The summed E-state index contributed by atoms with van der Waals surface area (Å²) in [6, 6.07) is 10.8. The lowest BCUT2D eigenvalue weighted by molar-refractivity contribution is -0.0998. The molecule has 1 aromatic rings. The molecule has 0 aliphatic heterocycles. The third kappa shape index (κ3) is 5.50. The maximum absolute atomic E-state index is 6.21. The first-order valence-corrected chi connectivity index (χ1v) is 9.27. The fraction of sp³-hybridized carbons (Fsp3) is 0.600. The van der Waals surface area contributed by atoms with E-state index in [4.69, 9.17) is 24.1 Å². The molecule has 0 fully saturated rings. The Labute approximate surface area is 128 Å². The van der Waals surface area contributed by atoms with Crippen LogP contribution in [-0.4, -0.2) is 41.9 Å². The summed E-state index contributed by atoms with van der Waals surface area (Å²) in [5, 5.41) is 1.06. The van der Waals surface area contributed by atoms with E-state index in [-0.39, 0.29) is 12.6 Å². The third-order valence-electron chi connectivity index (χ3n) is 3.30. The van der Waals surface area contributed by atoms with Gasteiger partial charge >= 0.3 is 8.56 Å². The van der Waals surface area contributed by atoms with Crippen molar-refractivity contribution in [2.75, 3.05) is 20.8 Å². The van der Waals surface area contributed by atoms with Gasteiger partial charge in [-0.2, -0.15) is 0 Å². The van der Waals surface area contributed by atoms with E-state index in [9.17, 15) is 0 Å². The molecule has 0 spiro atoms. The Hall–Kier alpha value is -0.763. The molecule has 2 atom stereocenters. The second-order valence-electron chi connectivity index (χ2n) is 4.85. The second kappa shape index (κ2) is 9.29. The molecule has 0 saturated carbocycles. The lowest BCUT2D eigenvalue weighted by Gasteiger charge is -2.35. The minimum Gasteiger partial charge on any atom is -0.364 e. The van der Waals surface area contributed by atoms with Crippen molar-refractivity contribution in [1.82, 2.24) is 0 Å². The van der Waals surface area contributed by atoms with Gasteiger partial charge in [0.05, 0.1) is 0 Å². The lowest BCUT2D eigenvalue weighted by atomic mass is 10.4. The Morgan fingerprint density at radius 1 is 1.00 bits per heavy atom. The van der Waals surface area contributed by atoms with Crippen molar-refractivity contribution in [1.29, 1.82) is 0 Å². The molecule has 0 bridgehead atoms. The van der Waals surface area contributed by atoms with Crippen LogP contribution in [0.15, 0.2) is 30.3 Å². The summed E-state index contributed by atoms with van der Waals surface area (Å²) in [6.07, 6.45) is 0.131. The van der Waals surface area contributed by atoms with Gasteiger partial charge in [0, 0.05) is 14.2 Å². The van der Waals surface area contributed by atoms with Crippen LogP contribution >= 0.6 is 0 Å². The number of rotatable bonds is 10. The summed E-state index contributed by atoms with van der Waals surface area (Å²) in [6.45, 7) is 4.33. The molecular formula is C15H27NO4Si. The number of hydrogen-bond donors (Lipinski definition) is 1. The lowest BCUT2D eigenvalue weighted by Crippen LogP contribution is -2.57. The molecule has 6 heteroatoms. The largest absolute Gasteiger partial charge is 0.376 e. The number of methoxy groups -OCH3 is 2. The summed E-state index contributed by atoms with van der Waals surface area (Å²) in [5.74, 6) is 0. The molecule has 0 aliphatic rings. The zero-order valence-electron chi connectivity index (χ0n) is 13.4. The quantitative estimate of drug-likeness (QED) is 0.526. The van der Waals surface area contributed by atoms with E-state index in [1.54, 1.807) is 14.2 Å². The molecule has 2 N–H and O–H groups in total. The van der Waals surface area contributed by atoms with Crippen molar-refractivity contribution in [3.05, 3.63) is 30.3 Å². The van der Waals surface area contributed by atoms with E-state index in [0.29, 0.717) is 6.54 Å². The fourth-order valence-corrected chi connectivity index (χ4v) is 5.57. The van der Waals surface area contributed by atoms with Gasteiger partial charge in [-0.15, -0.1) is 0 Å². The first-order chi connectivity index (χ1) is 10.1. The van der Waals surface area contributed by atoms with Gasteiger partial charge in [-0.1, -0.05) is 30.3 Å². The Morgan fingerprint density at radius 3 is 1.95 bits per heavy atom. The molecule has 0 radical (unpaired) electrons. The molecule has 21 heavy (non-hydrogen) atoms. The average molecular weight is 313 g/mol. The highest BCUT2D eigenvalue weighted by Crippen LogP contribution is 2.21. The van der Waals surface area contributed by atoms with Gasteiger partial charge in [-0.25, -0.2) is 0 Å². The Bertz CT molecular complexity index is 379. The smallest absolute Gasteiger partial charge is 0.364 e. The molecule has 5 nitrogen and oxygen atoms in total. The van der Waals surface area contributed by atoms with Crippen molar-refractivity contribution >= 4 is 13.7 Å². The van der Waals surface area contributed by atoms with Gasteiger partial charge in [0.2, 0.25) is 0 Å². The molecule has 1 rings (SSSR count). The van der Waals surface area contributed by atoms with Crippen LogP contribution < -0.4 is 10.9 Å². The normalized spacial score (nSPS) is 17.2. The molecular weight excluding hydrogens is 286 g/mol. The van der Waals surface area contributed by atoms with Crippen molar-refractivity contribution in [3.63, 3.8) is 0 Å². The van der Waals surface area contributed by atoms with Gasteiger partial charge in [0.15, 0.2) is 0 Å². The van der Waals surface area contributed by atoms with Crippen LogP contribution in [-0.2, 0) is 18.3 Å². The van der Waals surface area contributed by atoms with Crippen molar-refractivity contribution in [2.45, 2.75) is 38.9 Å². The number of ether oxygens (including phenoxy) is 2. The third-order valence-corrected chi connectivity index (χ3v) is 6.95. The van der Waals surface area contributed by atoms with E-state index in [1.807, 2.05) is 44.2 Å². The van der Waals surface area contributed by atoms with Crippen molar-refractivity contribution in [3.8, 4) is 0 Å². The molecule has 0 saturated heterocycles. The van der Waals surface area contributed by atoms with E-state index in [1.165, 1.54) is 0 Å². The second-order valence-corrected chi connectivity index (χ2v) is 7.91. The van der Waals surface area contributed by atoms with Gasteiger partial charge in [0.25, 0.3) is 0 Å². The average Bonchev–Trinajstić information content (AvgIpc) is 2.53. The summed E-state index contributed by atoms with van der Waals surface area (Å²) in [4.78, 5) is 0. The van der Waals surface area contributed by atoms with Crippen LogP contribution in [0.1, 0.15) is 20.3 Å². The summed E-state index contributed by atoms with van der Waals surface area (Å²) >= 11 is 0. The van der Waals surface area contributed by atoms with E-state index < -0.39 is 8.56 Å². The van der Waals surface area contributed by atoms with Crippen LogP contribution in [0.5, 0.6) is 0 Å². The van der Waals surface area contributed by atoms with Crippen LogP contribution in [0.3, 0.4) is 0 Å². The van der Waals surface area contributed by atoms with E-state index >= 15 is 0 Å². The highest BCUT2D eigenvalue weighted by Gasteiger charge is 2.42. The van der Waals surface area contributed by atoms with Crippen LogP contribution in [0.2, 0.25) is 6.04 Å². The summed E-state index contributed by atoms with van der Waals surface area (Å²) in [5.41, 5.74) is 5.69. The first-order valence-electron chi connectivity index (χ1n) is 7.24. The van der Waals surface area contributed by atoms with Crippen LogP contribution in [0, 0.1) is 0 Å². The molecule has 0 aromatic heterocycles. The minimum atomic E-state index is -2.69. The number of hydrogen-bond acceptors (Lipinski definition) is 5. The minimum absolute atomic E-state index is 0.348. The zero-order valence-corrected chi connectivity index (χ0v) is 14.4. The highest BCUT2D eigenvalue weighted by atomic mass is 28.4. The van der Waals surface area contributed by atoms with Gasteiger partial charge < -0.3 is 24.1 Å². The topological polar surface area (TPSA) is 62.9 Å². The maximum Gasteiger partial charge on any atom is 0.376 e. The number of nitrogens with two attached hydrogens (primary N) is 1. The molecule has 0 amide bonds.